The van der Waals surface area contributed by atoms with E-state index in [4.69, 9.17) is 9.84 Å². The molecule has 0 radical (unpaired) electrons. The number of ether oxygens (including phenoxy) is 1. The number of benzene rings is 1. The van der Waals surface area contributed by atoms with Crippen LogP contribution in [0.25, 0.3) is 0 Å². The molecule has 0 fully saturated rings. The summed E-state index contributed by atoms with van der Waals surface area (Å²) >= 11 is 0. The molecule has 82 valence electrons. The van der Waals surface area contributed by atoms with E-state index in [9.17, 15) is 13.6 Å². The first-order chi connectivity index (χ1) is 6.93. The van der Waals surface area contributed by atoms with Gasteiger partial charge in [0.2, 0.25) is 5.82 Å². The topological polar surface area (TPSA) is 46.5 Å². The van der Waals surface area contributed by atoms with E-state index in [1.165, 1.54) is 0 Å². The number of hydrogen-bond donors (Lipinski definition) is 1. The van der Waals surface area contributed by atoms with Crippen molar-refractivity contribution in [1.29, 1.82) is 0 Å². The van der Waals surface area contributed by atoms with Gasteiger partial charge in [0.15, 0.2) is 11.6 Å². The van der Waals surface area contributed by atoms with Crippen molar-refractivity contribution < 1.29 is 23.4 Å². The van der Waals surface area contributed by atoms with E-state index in [2.05, 4.69) is 0 Å². The van der Waals surface area contributed by atoms with Gasteiger partial charge in [-0.25, -0.2) is 9.18 Å². The summed E-state index contributed by atoms with van der Waals surface area (Å²) in [5.41, 5.74) is -0.705. The van der Waals surface area contributed by atoms with Crippen molar-refractivity contribution in [1.82, 2.24) is 0 Å². The molecule has 1 rings (SSSR count). The SMILES string of the molecule is CC(C)Oc1ccc(C(=O)O)c(F)c1F. The smallest absolute Gasteiger partial charge is 0.338 e. The molecule has 0 aliphatic rings. The second kappa shape index (κ2) is 4.25. The zero-order chi connectivity index (χ0) is 11.6. The molecule has 0 aromatic heterocycles. The summed E-state index contributed by atoms with van der Waals surface area (Å²) in [7, 11) is 0. The molecular formula is C10H10F2O3. The summed E-state index contributed by atoms with van der Waals surface area (Å²) in [4.78, 5) is 10.5. The highest BCUT2D eigenvalue weighted by Gasteiger charge is 2.19. The summed E-state index contributed by atoms with van der Waals surface area (Å²) < 4.78 is 31.3. The Balaban J connectivity index is 3.15. The van der Waals surface area contributed by atoms with Gasteiger partial charge in [-0.3, -0.25) is 0 Å². The van der Waals surface area contributed by atoms with Gasteiger partial charge in [-0.2, -0.15) is 4.39 Å². The fourth-order valence-corrected chi connectivity index (χ4v) is 1.04. The second-order valence-electron chi connectivity index (χ2n) is 3.21. The molecule has 0 aliphatic heterocycles. The molecule has 0 amide bonds. The molecule has 1 aromatic rings. The van der Waals surface area contributed by atoms with Gasteiger partial charge >= 0.3 is 5.97 Å². The van der Waals surface area contributed by atoms with Crippen molar-refractivity contribution in [3.05, 3.63) is 29.3 Å². The number of aromatic carboxylic acids is 1. The van der Waals surface area contributed by atoms with Crippen molar-refractivity contribution in [2.45, 2.75) is 20.0 Å². The van der Waals surface area contributed by atoms with E-state index in [1.54, 1.807) is 13.8 Å². The first-order valence-corrected chi connectivity index (χ1v) is 4.31. The summed E-state index contributed by atoms with van der Waals surface area (Å²) in [6.07, 6.45) is -0.311. The summed E-state index contributed by atoms with van der Waals surface area (Å²) in [5.74, 6) is -4.47. The third kappa shape index (κ3) is 2.43. The van der Waals surface area contributed by atoms with E-state index < -0.39 is 23.2 Å². The fraction of sp³-hybridized carbons (Fsp3) is 0.300. The number of halogens is 2. The van der Waals surface area contributed by atoms with Gasteiger partial charge < -0.3 is 9.84 Å². The predicted octanol–water partition coefficient (Wildman–Crippen LogP) is 2.45. The van der Waals surface area contributed by atoms with E-state index in [0.717, 1.165) is 12.1 Å². The number of carbonyl (C=O) groups is 1. The molecule has 0 atom stereocenters. The van der Waals surface area contributed by atoms with Gasteiger partial charge in [0.05, 0.1) is 11.7 Å². The minimum absolute atomic E-state index is 0.285. The molecule has 1 aromatic carbocycles. The molecule has 1 N–H and O–H groups in total. The lowest BCUT2D eigenvalue weighted by Gasteiger charge is -2.11. The Morgan fingerprint density at radius 3 is 2.40 bits per heavy atom. The van der Waals surface area contributed by atoms with Crippen molar-refractivity contribution in [3.63, 3.8) is 0 Å². The van der Waals surface area contributed by atoms with Crippen LogP contribution >= 0.6 is 0 Å². The van der Waals surface area contributed by atoms with Crippen LogP contribution in [0.4, 0.5) is 8.78 Å². The molecular weight excluding hydrogens is 206 g/mol. The van der Waals surface area contributed by atoms with Crippen LogP contribution in [0.5, 0.6) is 5.75 Å². The molecule has 0 spiro atoms. The van der Waals surface area contributed by atoms with Gasteiger partial charge in [0.25, 0.3) is 0 Å². The number of rotatable bonds is 3. The minimum atomic E-state index is -1.51. The Hall–Kier alpha value is -1.65. The zero-order valence-corrected chi connectivity index (χ0v) is 8.25. The van der Waals surface area contributed by atoms with Crippen molar-refractivity contribution in [3.8, 4) is 5.75 Å². The highest BCUT2D eigenvalue weighted by molar-refractivity contribution is 5.88. The van der Waals surface area contributed by atoms with Crippen LogP contribution < -0.4 is 4.74 Å². The van der Waals surface area contributed by atoms with Crippen LogP contribution in [0.3, 0.4) is 0 Å². The molecule has 0 saturated carbocycles. The van der Waals surface area contributed by atoms with Crippen molar-refractivity contribution in [2.75, 3.05) is 0 Å². The lowest BCUT2D eigenvalue weighted by Crippen LogP contribution is -2.10. The Morgan fingerprint density at radius 2 is 1.93 bits per heavy atom. The first-order valence-electron chi connectivity index (χ1n) is 4.31. The Morgan fingerprint density at radius 1 is 1.33 bits per heavy atom. The molecule has 0 heterocycles. The molecule has 0 bridgehead atoms. The van der Waals surface area contributed by atoms with E-state index in [1.807, 2.05) is 0 Å². The predicted molar refractivity (Wildman–Crippen MR) is 49.1 cm³/mol. The Kier molecular flexibility index (Phi) is 3.24. The largest absolute Gasteiger partial charge is 0.488 e. The lowest BCUT2D eigenvalue weighted by molar-refractivity contribution is 0.0690. The standard InChI is InChI=1S/C10H10F2O3/c1-5(2)15-7-4-3-6(10(13)14)8(11)9(7)12/h3-5H,1-2H3,(H,13,14). The van der Waals surface area contributed by atoms with Gasteiger partial charge in [-0.05, 0) is 26.0 Å². The maximum absolute atomic E-state index is 13.2. The van der Waals surface area contributed by atoms with Gasteiger partial charge in [0.1, 0.15) is 0 Å². The van der Waals surface area contributed by atoms with E-state index in [0.29, 0.717) is 0 Å². The molecule has 5 heteroatoms. The average Bonchev–Trinajstić information content (AvgIpc) is 2.12. The van der Waals surface area contributed by atoms with Crippen LogP contribution in [0, 0.1) is 11.6 Å². The Bertz CT molecular complexity index is 388. The van der Waals surface area contributed by atoms with Crippen LogP contribution in [0.2, 0.25) is 0 Å². The van der Waals surface area contributed by atoms with Crippen molar-refractivity contribution >= 4 is 5.97 Å². The van der Waals surface area contributed by atoms with Crippen LogP contribution in [-0.4, -0.2) is 17.2 Å². The third-order valence-corrected chi connectivity index (χ3v) is 1.64. The summed E-state index contributed by atoms with van der Waals surface area (Å²) in [6.45, 7) is 3.31. The monoisotopic (exact) mass is 216 g/mol. The quantitative estimate of drug-likeness (QED) is 0.844. The average molecular weight is 216 g/mol. The molecule has 15 heavy (non-hydrogen) atoms. The number of carboxylic acid groups (broad SMARTS) is 1. The maximum atomic E-state index is 13.2. The van der Waals surface area contributed by atoms with Crippen LogP contribution in [-0.2, 0) is 0 Å². The second-order valence-corrected chi connectivity index (χ2v) is 3.21. The third-order valence-electron chi connectivity index (χ3n) is 1.64. The molecule has 0 saturated heterocycles. The van der Waals surface area contributed by atoms with E-state index in [-0.39, 0.29) is 11.9 Å². The zero-order valence-electron chi connectivity index (χ0n) is 8.25. The Labute approximate surface area is 85.3 Å². The highest BCUT2D eigenvalue weighted by Crippen LogP contribution is 2.23. The molecule has 3 nitrogen and oxygen atoms in total. The summed E-state index contributed by atoms with van der Waals surface area (Å²) in [5, 5.41) is 8.52. The first kappa shape index (κ1) is 11.4. The fourth-order valence-electron chi connectivity index (χ4n) is 1.04. The van der Waals surface area contributed by atoms with E-state index >= 15 is 0 Å². The van der Waals surface area contributed by atoms with Crippen molar-refractivity contribution in [2.24, 2.45) is 0 Å². The highest BCUT2D eigenvalue weighted by atomic mass is 19.2. The van der Waals surface area contributed by atoms with Gasteiger partial charge in [0, 0.05) is 0 Å². The number of hydrogen-bond acceptors (Lipinski definition) is 2. The normalized spacial score (nSPS) is 10.5. The minimum Gasteiger partial charge on any atom is -0.488 e. The van der Waals surface area contributed by atoms with Gasteiger partial charge in [-0.1, -0.05) is 0 Å². The maximum Gasteiger partial charge on any atom is 0.338 e. The van der Waals surface area contributed by atoms with Crippen LogP contribution in [0.1, 0.15) is 24.2 Å². The molecule has 0 unspecified atom stereocenters. The van der Waals surface area contributed by atoms with Crippen LogP contribution in [0.15, 0.2) is 12.1 Å². The molecule has 0 aliphatic carbocycles. The lowest BCUT2D eigenvalue weighted by atomic mass is 10.2. The van der Waals surface area contributed by atoms with Gasteiger partial charge in [-0.15, -0.1) is 0 Å². The summed E-state index contributed by atoms with van der Waals surface area (Å²) in [6, 6.07) is 2.07. The number of carboxylic acids is 1.